The van der Waals surface area contributed by atoms with Crippen molar-refractivity contribution in [2.45, 2.75) is 51.8 Å². The van der Waals surface area contributed by atoms with Crippen molar-refractivity contribution in [3.05, 3.63) is 0 Å². The van der Waals surface area contributed by atoms with Crippen LogP contribution < -0.4 is 0 Å². The maximum absolute atomic E-state index is 6.21. The van der Waals surface area contributed by atoms with Crippen LogP contribution in [0.4, 0.5) is 0 Å². The molecule has 2 rings (SSSR count). The van der Waals surface area contributed by atoms with Crippen LogP contribution in [0, 0.1) is 17.8 Å². The van der Waals surface area contributed by atoms with Crippen molar-refractivity contribution in [2.75, 3.05) is 6.61 Å². The first-order valence-electron chi connectivity index (χ1n) is 6.25. The Labute approximate surface area is 94.1 Å². The van der Waals surface area contributed by atoms with E-state index < -0.39 is 0 Å². The van der Waals surface area contributed by atoms with Gasteiger partial charge in [-0.25, -0.2) is 0 Å². The van der Waals surface area contributed by atoms with E-state index in [4.69, 9.17) is 9.47 Å². The molecule has 3 heteroatoms. The molecule has 86 valence electrons. The molecule has 2 unspecified atom stereocenters. The Bertz CT molecular complexity index is 242. The Morgan fingerprint density at radius 1 is 1.33 bits per heavy atom. The average molecular weight is 210 g/mol. The smallest absolute Gasteiger partial charge is 0.142 e. The number of ether oxygens (including phenoxy) is 2. The predicted molar refractivity (Wildman–Crippen MR) is 63.7 cm³/mol. The lowest BCUT2D eigenvalue weighted by molar-refractivity contribution is -0.122. The van der Waals surface area contributed by atoms with E-state index in [0.29, 0.717) is 23.9 Å². The van der Waals surface area contributed by atoms with Gasteiger partial charge in [-0.05, 0) is 18.3 Å². The predicted octanol–water partition coefficient (Wildman–Crippen LogP) is 1.43. The Morgan fingerprint density at radius 2 is 2.00 bits per heavy atom. The van der Waals surface area contributed by atoms with Gasteiger partial charge in [-0.3, -0.25) is 0 Å². The summed E-state index contributed by atoms with van der Waals surface area (Å²) in [4.78, 5) is 0. The van der Waals surface area contributed by atoms with Gasteiger partial charge in [-0.15, -0.1) is 0 Å². The molecule has 0 saturated carbocycles. The van der Waals surface area contributed by atoms with Gasteiger partial charge in [0.1, 0.15) is 7.85 Å². The first kappa shape index (κ1) is 11.5. The van der Waals surface area contributed by atoms with Crippen LogP contribution in [0.2, 0.25) is 0 Å². The molecule has 0 aromatic heterocycles. The van der Waals surface area contributed by atoms with Gasteiger partial charge in [-0.1, -0.05) is 27.7 Å². The van der Waals surface area contributed by atoms with E-state index in [-0.39, 0.29) is 11.6 Å². The topological polar surface area (TPSA) is 18.5 Å². The van der Waals surface area contributed by atoms with Gasteiger partial charge in [0.25, 0.3) is 0 Å². The number of rotatable bonds is 3. The molecule has 0 aliphatic carbocycles. The second kappa shape index (κ2) is 3.78. The number of hydrogen-bond acceptors (Lipinski definition) is 2. The molecule has 0 amide bonds. The number of fused-ring (bicyclic) bond motifs is 2. The van der Waals surface area contributed by atoms with Crippen LogP contribution in [-0.4, -0.2) is 32.2 Å². The molecule has 2 fully saturated rings. The van der Waals surface area contributed by atoms with Gasteiger partial charge in [0.2, 0.25) is 0 Å². The second-order valence-corrected chi connectivity index (χ2v) is 6.03. The highest BCUT2D eigenvalue weighted by atomic mass is 16.6. The summed E-state index contributed by atoms with van der Waals surface area (Å²) in [5, 5.41) is 0. The normalized spacial score (nSPS) is 44.5. The maximum atomic E-state index is 6.21. The van der Waals surface area contributed by atoms with Crippen LogP contribution in [0.1, 0.15) is 34.1 Å². The van der Waals surface area contributed by atoms with Crippen molar-refractivity contribution in [1.82, 2.24) is 0 Å². The largest absolute Gasteiger partial charge is 0.375 e. The Kier molecular flexibility index (Phi) is 2.89. The summed E-state index contributed by atoms with van der Waals surface area (Å²) in [6.07, 6.45) is 1.47. The Morgan fingerprint density at radius 3 is 2.47 bits per heavy atom. The van der Waals surface area contributed by atoms with Crippen molar-refractivity contribution in [3.8, 4) is 0 Å². The summed E-state index contributed by atoms with van der Waals surface area (Å²) in [5.41, 5.74) is 0.0203. The molecule has 0 aromatic rings. The van der Waals surface area contributed by atoms with Crippen LogP contribution in [0.15, 0.2) is 0 Å². The summed E-state index contributed by atoms with van der Waals surface area (Å²) < 4.78 is 12.1. The van der Waals surface area contributed by atoms with Crippen molar-refractivity contribution < 1.29 is 9.47 Å². The molecule has 15 heavy (non-hydrogen) atoms. The fourth-order valence-electron chi connectivity index (χ4n) is 3.63. The van der Waals surface area contributed by atoms with Crippen LogP contribution in [0.25, 0.3) is 0 Å². The van der Waals surface area contributed by atoms with Gasteiger partial charge < -0.3 is 9.47 Å². The molecule has 2 nitrogen and oxygen atoms in total. The number of hydrogen-bond donors (Lipinski definition) is 0. The molecule has 2 aliphatic heterocycles. The summed E-state index contributed by atoms with van der Waals surface area (Å²) in [6.45, 7) is 9.94. The van der Waals surface area contributed by atoms with Crippen molar-refractivity contribution in [3.63, 3.8) is 0 Å². The quantitative estimate of drug-likeness (QED) is 0.656. The zero-order valence-corrected chi connectivity index (χ0v) is 10.6. The molecule has 4 atom stereocenters. The van der Waals surface area contributed by atoms with E-state index in [1.165, 1.54) is 0 Å². The zero-order chi connectivity index (χ0) is 11.2. The van der Waals surface area contributed by atoms with E-state index in [0.717, 1.165) is 13.0 Å². The van der Waals surface area contributed by atoms with Gasteiger partial charge >= 0.3 is 0 Å². The molecule has 0 N–H and O–H groups in total. The maximum Gasteiger partial charge on any atom is 0.142 e. The third-order valence-corrected chi connectivity index (χ3v) is 3.84. The van der Waals surface area contributed by atoms with E-state index >= 15 is 0 Å². The zero-order valence-electron chi connectivity index (χ0n) is 10.6. The van der Waals surface area contributed by atoms with Gasteiger partial charge in [0.15, 0.2) is 0 Å². The lowest BCUT2D eigenvalue weighted by Gasteiger charge is -2.34. The molecule has 2 bridgehead atoms. The first-order chi connectivity index (χ1) is 6.96. The lowest BCUT2D eigenvalue weighted by atomic mass is 9.74. The van der Waals surface area contributed by atoms with Gasteiger partial charge in [-0.2, -0.15) is 0 Å². The molecular weight excluding hydrogens is 187 g/mol. The molecule has 2 saturated heterocycles. The molecule has 2 aliphatic rings. The monoisotopic (exact) mass is 210 g/mol. The van der Waals surface area contributed by atoms with Crippen molar-refractivity contribution in [2.24, 2.45) is 17.8 Å². The minimum absolute atomic E-state index is 0.0203. The summed E-state index contributed by atoms with van der Waals surface area (Å²) >= 11 is 0. The fraction of sp³-hybridized carbons (Fsp3) is 1.00. The van der Waals surface area contributed by atoms with Crippen molar-refractivity contribution in [1.29, 1.82) is 0 Å². The van der Waals surface area contributed by atoms with E-state index in [2.05, 4.69) is 35.5 Å². The SMILES string of the molecule is B[C@@H]1OC2(CC(C)C)CO[C@@H]1C2C(C)C. The highest BCUT2D eigenvalue weighted by molar-refractivity contribution is 6.11. The summed E-state index contributed by atoms with van der Waals surface area (Å²) in [5.74, 6) is 1.93. The molecule has 0 spiro atoms. The van der Waals surface area contributed by atoms with Crippen LogP contribution in [0.3, 0.4) is 0 Å². The van der Waals surface area contributed by atoms with Crippen LogP contribution in [-0.2, 0) is 9.47 Å². The van der Waals surface area contributed by atoms with E-state index in [1.807, 2.05) is 0 Å². The summed E-state index contributed by atoms with van der Waals surface area (Å²) in [6, 6.07) is 0.282. The second-order valence-electron chi connectivity index (χ2n) is 6.03. The minimum Gasteiger partial charge on any atom is -0.375 e. The fourth-order valence-corrected chi connectivity index (χ4v) is 3.63. The van der Waals surface area contributed by atoms with Gasteiger partial charge in [0, 0.05) is 5.92 Å². The summed E-state index contributed by atoms with van der Waals surface area (Å²) in [7, 11) is 2.15. The average Bonchev–Trinajstić information content (AvgIpc) is 2.53. The highest BCUT2D eigenvalue weighted by Gasteiger charge is 2.60. The molecule has 2 heterocycles. The molecule has 0 radical (unpaired) electrons. The van der Waals surface area contributed by atoms with E-state index in [9.17, 15) is 0 Å². The lowest BCUT2D eigenvalue weighted by Crippen LogP contribution is -2.41. The minimum atomic E-state index is 0.0203. The molecule has 0 aromatic carbocycles. The Balaban J connectivity index is 2.21. The van der Waals surface area contributed by atoms with E-state index in [1.54, 1.807) is 0 Å². The van der Waals surface area contributed by atoms with Crippen LogP contribution >= 0.6 is 0 Å². The first-order valence-corrected chi connectivity index (χ1v) is 6.25. The van der Waals surface area contributed by atoms with Gasteiger partial charge in [0.05, 0.1) is 24.3 Å². The highest BCUT2D eigenvalue weighted by Crippen LogP contribution is 2.50. The Hall–Kier alpha value is -0.0151. The van der Waals surface area contributed by atoms with Crippen LogP contribution in [0.5, 0.6) is 0 Å². The third kappa shape index (κ3) is 1.74. The standard InChI is InChI=1S/C12H23BO2/c1-7(2)5-12-6-14-10(11(13)15-12)9(12)8(3)4/h7-11H,5-6,13H2,1-4H3/t9?,10-,11-,12?/m1/s1. The third-order valence-electron chi connectivity index (χ3n) is 3.84. The molecular formula is C12H23BO2. The van der Waals surface area contributed by atoms with Crippen molar-refractivity contribution >= 4 is 7.85 Å².